The molecule has 0 heterocycles. The van der Waals surface area contributed by atoms with E-state index in [0.717, 1.165) is 18.4 Å². The molecule has 0 bridgehead atoms. The summed E-state index contributed by atoms with van der Waals surface area (Å²) in [7, 11) is 0. The average Bonchev–Trinajstić information content (AvgIpc) is 2.51. The van der Waals surface area contributed by atoms with Crippen molar-refractivity contribution in [3.63, 3.8) is 0 Å². The summed E-state index contributed by atoms with van der Waals surface area (Å²) in [5.74, 6) is 2.59. The molecule has 2 aliphatic carbocycles. The fourth-order valence-electron chi connectivity index (χ4n) is 3.05. The molecular formula is C12H22N2O. The van der Waals surface area contributed by atoms with Crippen molar-refractivity contribution < 1.29 is 4.79 Å². The zero-order valence-corrected chi connectivity index (χ0v) is 9.70. The smallest absolute Gasteiger partial charge is 0.222 e. The first kappa shape index (κ1) is 10.9. The Kier molecular flexibility index (Phi) is 3.01. The minimum Gasteiger partial charge on any atom is -0.353 e. The maximum atomic E-state index is 11.5. The Balaban J connectivity index is 1.82. The molecule has 0 aromatic rings. The zero-order chi connectivity index (χ0) is 11.0. The van der Waals surface area contributed by atoms with Gasteiger partial charge < -0.3 is 11.1 Å². The standard InChI is InChI=1S/C12H22N2O/c1-7(2)12(15)14-11-5-9-3-8(6-13)4-10(9)11/h7-11H,3-6,13H2,1-2H3,(H,14,15). The highest BCUT2D eigenvalue weighted by molar-refractivity contribution is 5.78. The Morgan fingerprint density at radius 1 is 1.40 bits per heavy atom. The first-order valence-corrected chi connectivity index (χ1v) is 6.12. The maximum absolute atomic E-state index is 11.5. The number of hydrogen-bond acceptors (Lipinski definition) is 2. The number of carbonyl (C=O) groups is 1. The largest absolute Gasteiger partial charge is 0.353 e. The first-order chi connectivity index (χ1) is 7.11. The monoisotopic (exact) mass is 210 g/mol. The molecule has 2 rings (SSSR count). The Morgan fingerprint density at radius 3 is 2.73 bits per heavy atom. The lowest BCUT2D eigenvalue weighted by molar-refractivity contribution is -0.126. The highest BCUT2D eigenvalue weighted by Gasteiger charge is 2.47. The summed E-state index contributed by atoms with van der Waals surface area (Å²) in [6.45, 7) is 4.71. The van der Waals surface area contributed by atoms with E-state index < -0.39 is 0 Å². The molecule has 0 aromatic heterocycles. The van der Waals surface area contributed by atoms with E-state index in [2.05, 4.69) is 5.32 Å². The van der Waals surface area contributed by atoms with Gasteiger partial charge in [-0.3, -0.25) is 4.79 Å². The maximum Gasteiger partial charge on any atom is 0.222 e. The van der Waals surface area contributed by atoms with Gasteiger partial charge in [0.25, 0.3) is 0 Å². The zero-order valence-electron chi connectivity index (χ0n) is 9.70. The number of fused-ring (bicyclic) bond motifs is 1. The van der Waals surface area contributed by atoms with E-state index in [9.17, 15) is 4.79 Å². The van der Waals surface area contributed by atoms with Crippen molar-refractivity contribution in [2.24, 2.45) is 29.4 Å². The number of nitrogens with two attached hydrogens (primary N) is 1. The molecule has 0 aliphatic heterocycles. The lowest BCUT2D eigenvalue weighted by Gasteiger charge is -2.41. The SMILES string of the molecule is CC(C)C(=O)NC1CC2CC(CN)CC21. The second-order valence-electron chi connectivity index (χ2n) is 5.50. The van der Waals surface area contributed by atoms with Crippen molar-refractivity contribution in [2.75, 3.05) is 6.54 Å². The van der Waals surface area contributed by atoms with Crippen molar-refractivity contribution >= 4 is 5.91 Å². The number of hydrogen-bond donors (Lipinski definition) is 2. The summed E-state index contributed by atoms with van der Waals surface area (Å²) in [6, 6.07) is 0.446. The molecule has 2 aliphatic rings. The normalized spacial score (nSPS) is 38.7. The summed E-state index contributed by atoms with van der Waals surface area (Å²) < 4.78 is 0. The minimum atomic E-state index is 0.107. The van der Waals surface area contributed by atoms with Gasteiger partial charge in [-0.1, -0.05) is 13.8 Å². The topological polar surface area (TPSA) is 55.1 Å². The van der Waals surface area contributed by atoms with E-state index in [4.69, 9.17) is 5.73 Å². The van der Waals surface area contributed by atoms with Crippen molar-refractivity contribution in [1.82, 2.24) is 5.32 Å². The van der Waals surface area contributed by atoms with E-state index in [1.807, 2.05) is 13.8 Å². The molecule has 2 saturated carbocycles. The van der Waals surface area contributed by atoms with Crippen LogP contribution < -0.4 is 11.1 Å². The molecule has 3 heteroatoms. The molecular weight excluding hydrogens is 188 g/mol. The third kappa shape index (κ3) is 2.03. The third-order valence-corrected chi connectivity index (χ3v) is 4.11. The fraction of sp³-hybridized carbons (Fsp3) is 0.917. The van der Waals surface area contributed by atoms with Gasteiger partial charge in [-0.15, -0.1) is 0 Å². The van der Waals surface area contributed by atoms with Crippen LogP contribution in [0.3, 0.4) is 0 Å². The Hall–Kier alpha value is -0.570. The molecule has 0 saturated heterocycles. The molecule has 0 aromatic carbocycles. The Labute approximate surface area is 91.8 Å². The highest BCUT2D eigenvalue weighted by atomic mass is 16.1. The van der Waals surface area contributed by atoms with Crippen molar-refractivity contribution in [1.29, 1.82) is 0 Å². The predicted octanol–water partition coefficient (Wildman–Crippen LogP) is 1.13. The van der Waals surface area contributed by atoms with Gasteiger partial charge in [-0.25, -0.2) is 0 Å². The summed E-state index contributed by atoms with van der Waals surface area (Å²) in [5, 5.41) is 3.15. The second-order valence-corrected chi connectivity index (χ2v) is 5.50. The number of carbonyl (C=O) groups excluding carboxylic acids is 1. The molecule has 2 fully saturated rings. The summed E-state index contributed by atoms with van der Waals surface area (Å²) in [6.07, 6.45) is 3.69. The Morgan fingerprint density at radius 2 is 2.13 bits per heavy atom. The number of rotatable bonds is 3. The molecule has 0 radical (unpaired) electrons. The van der Waals surface area contributed by atoms with Gasteiger partial charge in [0.1, 0.15) is 0 Å². The van der Waals surface area contributed by atoms with E-state index >= 15 is 0 Å². The van der Waals surface area contributed by atoms with Gasteiger partial charge in [0.2, 0.25) is 5.91 Å². The van der Waals surface area contributed by atoms with Crippen LogP contribution in [0.4, 0.5) is 0 Å². The van der Waals surface area contributed by atoms with Gasteiger partial charge in [0.15, 0.2) is 0 Å². The van der Waals surface area contributed by atoms with Crippen LogP contribution in [-0.2, 0) is 4.79 Å². The van der Waals surface area contributed by atoms with E-state index in [1.54, 1.807) is 0 Å². The van der Waals surface area contributed by atoms with Crippen LogP contribution in [0.1, 0.15) is 33.1 Å². The third-order valence-electron chi connectivity index (χ3n) is 4.11. The van der Waals surface area contributed by atoms with Crippen LogP contribution in [-0.4, -0.2) is 18.5 Å². The molecule has 15 heavy (non-hydrogen) atoms. The van der Waals surface area contributed by atoms with E-state index in [0.29, 0.717) is 12.0 Å². The van der Waals surface area contributed by atoms with E-state index in [-0.39, 0.29) is 11.8 Å². The first-order valence-electron chi connectivity index (χ1n) is 6.12. The second kappa shape index (κ2) is 4.12. The lowest BCUT2D eigenvalue weighted by atomic mass is 9.71. The summed E-state index contributed by atoms with van der Waals surface area (Å²) >= 11 is 0. The lowest BCUT2D eigenvalue weighted by Crippen LogP contribution is -2.51. The fourth-order valence-corrected chi connectivity index (χ4v) is 3.05. The van der Waals surface area contributed by atoms with Crippen molar-refractivity contribution in [3.05, 3.63) is 0 Å². The van der Waals surface area contributed by atoms with Crippen LogP contribution in [0, 0.1) is 23.7 Å². The molecule has 86 valence electrons. The molecule has 4 atom stereocenters. The molecule has 0 spiro atoms. The summed E-state index contributed by atoms with van der Waals surface area (Å²) in [5.41, 5.74) is 5.69. The predicted molar refractivity (Wildman–Crippen MR) is 60.1 cm³/mol. The van der Waals surface area contributed by atoms with Crippen LogP contribution in [0.25, 0.3) is 0 Å². The highest BCUT2D eigenvalue weighted by Crippen LogP contribution is 2.49. The summed E-state index contributed by atoms with van der Waals surface area (Å²) in [4.78, 5) is 11.5. The average molecular weight is 210 g/mol. The van der Waals surface area contributed by atoms with Crippen LogP contribution in [0.5, 0.6) is 0 Å². The quantitative estimate of drug-likeness (QED) is 0.733. The van der Waals surface area contributed by atoms with Gasteiger partial charge >= 0.3 is 0 Å². The van der Waals surface area contributed by atoms with Gasteiger partial charge in [-0.05, 0) is 43.6 Å². The van der Waals surface area contributed by atoms with Gasteiger partial charge in [0.05, 0.1) is 0 Å². The number of nitrogens with one attached hydrogen (secondary N) is 1. The van der Waals surface area contributed by atoms with Gasteiger partial charge in [-0.2, -0.15) is 0 Å². The van der Waals surface area contributed by atoms with Crippen molar-refractivity contribution in [3.8, 4) is 0 Å². The Bertz CT molecular complexity index is 252. The van der Waals surface area contributed by atoms with Crippen LogP contribution in [0.15, 0.2) is 0 Å². The van der Waals surface area contributed by atoms with Gasteiger partial charge in [0, 0.05) is 12.0 Å². The molecule has 4 unspecified atom stereocenters. The van der Waals surface area contributed by atoms with Crippen LogP contribution >= 0.6 is 0 Å². The van der Waals surface area contributed by atoms with E-state index in [1.165, 1.54) is 19.3 Å². The van der Waals surface area contributed by atoms with Crippen LogP contribution in [0.2, 0.25) is 0 Å². The van der Waals surface area contributed by atoms with Crippen molar-refractivity contribution in [2.45, 2.75) is 39.2 Å². The number of amides is 1. The molecule has 1 amide bonds. The molecule has 3 N–H and O–H groups in total. The molecule has 3 nitrogen and oxygen atoms in total. The minimum absolute atomic E-state index is 0.107.